The summed E-state index contributed by atoms with van der Waals surface area (Å²) in [4.78, 5) is 19.2. The Morgan fingerprint density at radius 3 is 1.41 bits per heavy atom. The molecule has 5 aromatic carbocycles. The summed E-state index contributed by atoms with van der Waals surface area (Å²) < 4.78 is 0. The summed E-state index contributed by atoms with van der Waals surface area (Å²) in [6.45, 7) is 41.9. The van der Waals surface area contributed by atoms with Crippen molar-refractivity contribution >= 4 is 53.0 Å². The molecular formula is C81H95Ir4N7Si4-4. The maximum atomic E-state index is 8.93. The maximum Gasteiger partial charge on any atom is 0.0799 e. The normalized spacial score (nSPS) is 12.1. The Morgan fingerprint density at radius 1 is 0.448 bits per heavy atom. The van der Waals surface area contributed by atoms with Gasteiger partial charge in [0.05, 0.1) is 32.3 Å². The third kappa shape index (κ3) is 24.2. The van der Waals surface area contributed by atoms with Gasteiger partial charge >= 0.3 is 0 Å². The van der Waals surface area contributed by atoms with Gasteiger partial charge in [-0.2, -0.15) is 0 Å². The molecule has 0 atom stereocenters. The topological polar surface area (TPSA) is 123 Å². The molecule has 0 amide bonds. The smallest absolute Gasteiger partial charge is 0.0799 e. The summed E-state index contributed by atoms with van der Waals surface area (Å²) in [5, 5.41) is 32.5. The minimum atomic E-state index is -1.40. The van der Waals surface area contributed by atoms with E-state index in [1.807, 2.05) is 54.7 Å². The van der Waals surface area contributed by atoms with Crippen LogP contribution in [0.3, 0.4) is 0 Å². The monoisotopic (exact) mass is 2050 g/mol. The van der Waals surface area contributed by atoms with Crippen molar-refractivity contribution in [2.24, 2.45) is 11.8 Å². The summed E-state index contributed by atoms with van der Waals surface area (Å²) in [6, 6.07) is 63.9. The first kappa shape index (κ1) is 84.9. The van der Waals surface area contributed by atoms with Gasteiger partial charge in [-0.1, -0.05) is 210 Å². The van der Waals surface area contributed by atoms with Crippen LogP contribution in [0.2, 0.25) is 78.6 Å². The predicted octanol–water partition coefficient (Wildman–Crippen LogP) is 18.8. The first-order chi connectivity index (χ1) is 43.5. The Labute approximate surface area is 635 Å². The third-order valence-electron chi connectivity index (χ3n) is 16.5. The van der Waals surface area contributed by atoms with Crippen LogP contribution in [0.4, 0.5) is 0 Å². The predicted molar refractivity (Wildman–Crippen MR) is 398 cm³/mol. The number of pyridine rings is 4. The summed E-state index contributed by atoms with van der Waals surface area (Å²) in [5.41, 5.74) is 17.7. The van der Waals surface area contributed by atoms with Crippen LogP contribution in [0.15, 0.2) is 152 Å². The average Bonchev–Trinajstić information content (AvgIpc) is 1.04. The molecule has 96 heavy (non-hydrogen) atoms. The molecule has 10 rings (SSSR count). The number of hydrogen-bond donors (Lipinski definition) is 0. The van der Waals surface area contributed by atoms with Crippen LogP contribution in [0.25, 0.3) is 56.2 Å². The first-order valence-corrected chi connectivity index (χ1v) is 46.8. The molecule has 7 nitrogen and oxygen atoms in total. The van der Waals surface area contributed by atoms with E-state index in [-0.39, 0.29) is 80.4 Å². The Kier molecular flexibility index (Phi) is 33.8. The molecule has 1 aliphatic rings. The second-order valence-electron chi connectivity index (χ2n) is 29.7. The average molecular weight is 2050 g/mol. The SMILES string of the molecule is CC(C)Cc1cc(-c2[c-]ccc(-c3ccccc3)c2)ncc1[Si](C)(C)C.CC(C)Cc1cc([Si](C)(C)C)cnc1-c1[c-]cc(C#N)cc1.CC(C)c1nc(-c2[c-]cc(C#N)cc2)ccc1[Si](C)(C)C.C[Si](C)(C)c1cnc(-c2[c-]cc(C#N)cc2)cc1C1CCCC1.[Ir].[Ir].[Ir].[Ir]. The molecule has 0 N–H and O–H groups in total. The number of nitrogens with zero attached hydrogens (tertiary/aromatic N) is 7. The van der Waals surface area contributed by atoms with E-state index in [2.05, 4.69) is 242 Å². The fourth-order valence-electron chi connectivity index (χ4n) is 11.6. The number of rotatable bonds is 15. The second kappa shape index (κ2) is 38.3. The molecule has 1 saturated carbocycles. The van der Waals surface area contributed by atoms with Gasteiger partial charge in [0.1, 0.15) is 0 Å². The van der Waals surface area contributed by atoms with Crippen molar-refractivity contribution in [3.63, 3.8) is 0 Å². The molecule has 15 heteroatoms. The van der Waals surface area contributed by atoms with Crippen LogP contribution in [0, 0.1) is 70.1 Å². The van der Waals surface area contributed by atoms with E-state index < -0.39 is 32.3 Å². The van der Waals surface area contributed by atoms with Crippen molar-refractivity contribution < 1.29 is 80.4 Å². The Bertz CT molecular complexity index is 4050. The van der Waals surface area contributed by atoms with Crippen molar-refractivity contribution in [1.29, 1.82) is 15.8 Å². The van der Waals surface area contributed by atoms with Crippen LogP contribution in [0.1, 0.15) is 118 Å². The van der Waals surface area contributed by atoms with E-state index in [4.69, 9.17) is 35.7 Å². The standard InChI is InChI=1S/C24H28NSi.C20H23N2Si.C19H23N2Si.C18H21N2Si.4Ir/c1-18(2)14-22-16-23(25-17-24(22)26(3,4)5)21-13-9-12-20(15-21)19-10-7-6-8-11-19;1-23(2,3)20-14-22-19(12-18(20)16-6-4-5-7-16)17-10-8-15(13-21)9-11-17;1-14(2)10-17-11-18(22(3,4)5)13-21-19(17)16-8-6-15(12-20)7-9-16;1-13(2)18-17(21(3,4)5)11-10-16(20-18)15-8-6-14(12-19)7-9-15;;;;/h6-12,15-18H,14H2,1-5H3;8-10,12,14,16H,4-7H2,1-3H3;6-8,11,13-14H,10H2,1-5H3;6-8,10-11,13H,1-5H3;;;;/q4*-1;;;;. The van der Waals surface area contributed by atoms with Crippen molar-refractivity contribution in [1.82, 2.24) is 19.9 Å². The van der Waals surface area contributed by atoms with Crippen molar-refractivity contribution in [3.8, 4) is 74.4 Å². The number of benzene rings is 5. The molecule has 0 aliphatic heterocycles. The van der Waals surface area contributed by atoms with E-state index in [9.17, 15) is 0 Å². The van der Waals surface area contributed by atoms with Crippen LogP contribution < -0.4 is 20.7 Å². The second-order valence-corrected chi connectivity index (χ2v) is 49.9. The molecule has 0 bridgehead atoms. The quantitative estimate of drug-likeness (QED) is 0.0740. The molecular weight excluding hydrogens is 1950 g/mol. The van der Waals surface area contributed by atoms with E-state index in [1.54, 1.807) is 18.2 Å². The molecule has 4 radical (unpaired) electrons. The van der Waals surface area contributed by atoms with Gasteiger partial charge in [0, 0.05) is 123 Å². The van der Waals surface area contributed by atoms with Gasteiger partial charge in [-0.3, -0.25) is 0 Å². The van der Waals surface area contributed by atoms with E-state index >= 15 is 0 Å². The van der Waals surface area contributed by atoms with Crippen LogP contribution in [-0.4, -0.2) is 52.2 Å². The molecule has 1 aliphatic carbocycles. The molecule has 1 fully saturated rings. The summed E-state index contributed by atoms with van der Waals surface area (Å²) in [5.74, 6) is 2.32. The number of nitriles is 3. The van der Waals surface area contributed by atoms with Gasteiger partial charge in [0.25, 0.3) is 0 Å². The molecule has 9 aromatic rings. The van der Waals surface area contributed by atoms with E-state index in [0.29, 0.717) is 40.4 Å². The van der Waals surface area contributed by atoms with Crippen LogP contribution >= 0.6 is 0 Å². The number of hydrogen-bond acceptors (Lipinski definition) is 7. The maximum absolute atomic E-state index is 8.93. The molecule has 0 unspecified atom stereocenters. The third-order valence-corrected chi connectivity index (χ3v) is 24.7. The van der Waals surface area contributed by atoms with Crippen molar-refractivity contribution in [2.75, 3.05) is 0 Å². The zero-order valence-electron chi connectivity index (χ0n) is 59.4. The summed E-state index contributed by atoms with van der Waals surface area (Å²) in [6.07, 6.45) is 13.7. The zero-order chi connectivity index (χ0) is 67.1. The minimum absolute atomic E-state index is 0. The Balaban J connectivity index is 0.000000330. The zero-order valence-corrected chi connectivity index (χ0v) is 73.0. The van der Waals surface area contributed by atoms with Gasteiger partial charge in [0.15, 0.2) is 0 Å². The summed E-state index contributed by atoms with van der Waals surface area (Å²) in [7, 11) is -5.57. The molecule has 510 valence electrons. The molecule has 4 heterocycles. The van der Waals surface area contributed by atoms with Gasteiger partial charge < -0.3 is 19.9 Å². The largest absolute Gasteiger partial charge is 0.305 e. The van der Waals surface area contributed by atoms with Gasteiger partial charge in [-0.05, 0) is 115 Å². The molecule has 0 saturated heterocycles. The van der Waals surface area contributed by atoms with Gasteiger partial charge in [-0.25, -0.2) is 15.8 Å². The van der Waals surface area contributed by atoms with Gasteiger partial charge in [0.2, 0.25) is 0 Å². The molecule has 0 spiro atoms. The Hall–Kier alpha value is -5.37. The fraction of sp³-hybridized carbons (Fsp3) is 0.346. The molecule has 4 aromatic heterocycles. The Morgan fingerprint density at radius 2 is 0.938 bits per heavy atom. The number of aromatic nitrogens is 4. The van der Waals surface area contributed by atoms with E-state index in [1.165, 1.54) is 79.9 Å². The van der Waals surface area contributed by atoms with Gasteiger partial charge in [-0.15, -0.1) is 125 Å². The van der Waals surface area contributed by atoms with Crippen LogP contribution in [0.5, 0.6) is 0 Å². The first-order valence-electron chi connectivity index (χ1n) is 32.8. The van der Waals surface area contributed by atoms with E-state index in [0.717, 1.165) is 57.9 Å². The van der Waals surface area contributed by atoms with Crippen molar-refractivity contribution in [2.45, 2.75) is 170 Å². The summed E-state index contributed by atoms with van der Waals surface area (Å²) >= 11 is 0. The van der Waals surface area contributed by atoms with Crippen LogP contribution in [-0.2, 0) is 93.3 Å². The minimum Gasteiger partial charge on any atom is -0.305 e. The fourth-order valence-corrected chi connectivity index (χ4v) is 17.5. The van der Waals surface area contributed by atoms with Crippen molar-refractivity contribution in [3.05, 3.63) is 215 Å².